The SMILES string of the molecule is CCc1cc(C2CCN(C(C)=O)CC2)cc(Nc2cc(C#N)ccn2)n1. The third-order valence-corrected chi connectivity index (χ3v) is 4.82. The lowest BCUT2D eigenvalue weighted by atomic mass is 9.89. The number of likely N-dealkylation sites (tertiary alicyclic amines) is 1. The van der Waals surface area contributed by atoms with Crippen molar-refractivity contribution < 1.29 is 4.79 Å². The zero-order valence-electron chi connectivity index (χ0n) is 15.2. The molecule has 2 aromatic rings. The summed E-state index contributed by atoms with van der Waals surface area (Å²) >= 11 is 0. The number of carbonyl (C=O) groups excluding carboxylic acids is 1. The topological polar surface area (TPSA) is 81.9 Å². The molecule has 134 valence electrons. The van der Waals surface area contributed by atoms with Gasteiger partial charge in [-0.3, -0.25) is 4.79 Å². The van der Waals surface area contributed by atoms with E-state index >= 15 is 0 Å². The number of carbonyl (C=O) groups is 1. The third kappa shape index (κ3) is 4.17. The summed E-state index contributed by atoms with van der Waals surface area (Å²) in [6.45, 7) is 5.33. The standard InChI is InChI=1S/C20H23N5O/c1-3-18-11-17(16-5-8-25(9-6-16)14(2)26)12-20(23-18)24-19-10-15(13-21)4-7-22-19/h4,7,10-12,16H,3,5-6,8-9H2,1-2H3,(H,22,23,24). The molecule has 0 aliphatic carbocycles. The summed E-state index contributed by atoms with van der Waals surface area (Å²) in [7, 11) is 0. The van der Waals surface area contributed by atoms with Gasteiger partial charge in [0.05, 0.1) is 11.6 Å². The largest absolute Gasteiger partial charge is 0.343 e. The molecule has 1 N–H and O–H groups in total. The van der Waals surface area contributed by atoms with E-state index in [0.717, 1.165) is 43.9 Å². The maximum Gasteiger partial charge on any atom is 0.219 e. The van der Waals surface area contributed by atoms with Crippen molar-refractivity contribution in [3.63, 3.8) is 0 Å². The number of pyridine rings is 2. The highest BCUT2D eigenvalue weighted by molar-refractivity contribution is 5.73. The van der Waals surface area contributed by atoms with Gasteiger partial charge in [-0.05, 0) is 55.0 Å². The Labute approximate surface area is 153 Å². The molecule has 0 aromatic carbocycles. The number of nitrogens with zero attached hydrogens (tertiary/aromatic N) is 4. The maximum absolute atomic E-state index is 11.5. The van der Waals surface area contributed by atoms with Crippen molar-refractivity contribution in [2.45, 2.75) is 39.0 Å². The quantitative estimate of drug-likeness (QED) is 0.915. The third-order valence-electron chi connectivity index (χ3n) is 4.82. The Hall–Kier alpha value is -2.94. The second-order valence-electron chi connectivity index (χ2n) is 6.58. The summed E-state index contributed by atoms with van der Waals surface area (Å²) in [5.74, 6) is 1.94. The molecule has 1 aliphatic heterocycles. The van der Waals surface area contributed by atoms with Crippen molar-refractivity contribution in [1.82, 2.24) is 14.9 Å². The van der Waals surface area contributed by atoms with Crippen LogP contribution < -0.4 is 5.32 Å². The van der Waals surface area contributed by atoms with Crippen LogP contribution >= 0.6 is 0 Å². The molecule has 6 nitrogen and oxygen atoms in total. The van der Waals surface area contributed by atoms with Gasteiger partial charge in [-0.25, -0.2) is 9.97 Å². The summed E-state index contributed by atoms with van der Waals surface area (Å²) in [5, 5.41) is 12.3. The van der Waals surface area contributed by atoms with E-state index in [-0.39, 0.29) is 5.91 Å². The van der Waals surface area contributed by atoms with E-state index in [1.54, 1.807) is 25.3 Å². The lowest BCUT2D eigenvalue weighted by Gasteiger charge is -2.31. The number of rotatable bonds is 4. The predicted octanol–water partition coefficient (Wildman–Crippen LogP) is 3.38. The molecule has 2 aromatic heterocycles. The van der Waals surface area contributed by atoms with E-state index < -0.39 is 0 Å². The molecule has 1 fully saturated rings. The molecule has 6 heteroatoms. The predicted molar refractivity (Wildman–Crippen MR) is 100 cm³/mol. The van der Waals surface area contributed by atoms with E-state index in [4.69, 9.17) is 5.26 Å². The lowest BCUT2D eigenvalue weighted by molar-refractivity contribution is -0.129. The summed E-state index contributed by atoms with van der Waals surface area (Å²) in [6, 6.07) is 9.74. The molecule has 1 amide bonds. The Balaban J connectivity index is 1.80. The van der Waals surface area contributed by atoms with Gasteiger partial charge in [0.25, 0.3) is 0 Å². The van der Waals surface area contributed by atoms with Gasteiger partial charge in [0, 0.05) is 31.9 Å². The van der Waals surface area contributed by atoms with Gasteiger partial charge in [-0.2, -0.15) is 5.26 Å². The van der Waals surface area contributed by atoms with Crippen molar-refractivity contribution >= 4 is 17.5 Å². The van der Waals surface area contributed by atoms with Gasteiger partial charge < -0.3 is 10.2 Å². The molecular weight excluding hydrogens is 326 g/mol. The van der Waals surface area contributed by atoms with Gasteiger partial charge in [-0.15, -0.1) is 0 Å². The van der Waals surface area contributed by atoms with Crippen LogP contribution in [0.5, 0.6) is 0 Å². The highest BCUT2D eigenvalue weighted by Crippen LogP contribution is 2.30. The zero-order valence-corrected chi connectivity index (χ0v) is 15.2. The number of nitrogens with one attached hydrogen (secondary N) is 1. The fraction of sp³-hybridized carbons (Fsp3) is 0.400. The molecule has 1 saturated heterocycles. The number of amides is 1. The van der Waals surface area contributed by atoms with E-state index in [1.165, 1.54) is 5.56 Å². The van der Waals surface area contributed by atoms with Crippen LogP contribution in [-0.2, 0) is 11.2 Å². The monoisotopic (exact) mass is 349 g/mol. The molecule has 0 bridgehead atoms. The Morgan fingerprint density at radius 2 is 2.08 bits per heavy atom. The fourth-order valence-electron chi connectivity index (χ4n) is 3.32. The van der Waals surface area contributed by atoms with Gasteiger partial charge in [-0.1, -0.05) is 6.92 Å². The Morgan fingerprint density at radius 1 is 1.31 bits per heavy atom. The smallest absolute Gasteiger partial charge is 0.219 e. The molecule has 0 spiro atoms. The summed E-state index contributed by atoms with van der Waals surface area (Å²) in [4.78, 5) is 22.3. The summed E-state index contributed by atoms with van der Waals surface area (Å²) in [6.07, 6.45) is 4.39. The van der Waals surface area contributed by atoms with Crippen LogP contribution in [0.2, 0.25) is 0 Å². The molecule has 26 heavy (non-hydrogen) atoms. The fourth-order valence-corrected chi connectivity index (χ4v) is 3.32. The molecule has 0 unspecified atom stereocenters. The van der Waals surface area contributed by atoms with E-state index in [0.29, 0.717) is 17.3 Å². The first kappa shape index (κ1) is 17.9. The first-order valence-corrected chi connectivity index (χ1v) is 8.98. The highest BCUT2D eigenvalue weighted by atomic mass is 16.2. The molecule has 0 atom stereocenters. The molecule has 3 heterocycles. The minimum atomic E-state index is 0.151. The first-order chi connectivity index (χ1) is 12.6. The van der Waals surface area contributed by atoms with Crippen molar-refractivity contribution in [2.75, 3.05) is 18.4 Å². The average molecular weight is 349 g/mol. The van der Waals surface area contributed by atoms with Crippen molar-refractivity contribution in [3.05, 3.63) is 47.3 Å². The lowest BCUT2D eigenvalue weighted by Crippen LogP contribution is -2.36. The minimum absolute atomic E-state index is 0.151. The minimum Gasteiger partial charge on any atom is -0.343 e. The second kappa shape index (κ2) is 7.96. The molecular formula is C20H23N5O. The number of hydrogen-bond acceptors (Lipinski definition) is 5. The Kier molecular flexibility index (Phi) is 5.47. The molecule has 0 saturated carbocycles. The van der Waals surface area contributed by atoms with Crippen molar-refractivity contribution in [3.8, 4) is 6.07 Å². The number of aromatic nitrogens is 2. The van der Waals surface area contributed by atoms with Crippen LogP contribution in [0, 0.1) is 11.3 Å². The zero-order chi connectivity index (χ0) is 18.5. The van der Waals surface area contributed by atoms with Crippen LogP contribution in [-0.4, -0.2) is 33.9 Å². The molecule has 0 radical (unpaired) electrons. The number of aryl methyl sites for hydroxylation is 1. The Morgan fingerprint density at radius 3 is 2.73 bits per heavy atom. The second-order valence-corrected chi connectivity index (χ2v) is 6.58. The molecule has 3 rings (SSSR count). The van der Waals surface area contributed by atoms with Crippen LogP contribution in [0.3, 0.4) is 0 Å². The van der Waals surface area contributed by atoms with Crippen LogP contribution in [0.25, 0.3) is 0 Å². The number of anilines is 2. The number of hydrogen-bond donors (Lipinski definition) is 1. The van der Waals surface area contributed by atoms with E-state index in [1.807, 2.05) is 4.90 Å². The first-order valence-electron chi connectivity index (χ1n) is 8.98. The van der Waals surface area contributed by atoms with Crippen molar-refractivity contribution in [2.24, 2.45) is 0 Å². The molecule has 1 aliphatic rings. The van der Waals surface area contributed by atoms with E-state index in [2.05, 4.69) is 40.4 Å². The van der Waals surface area contributed by atoms with Gasteiger partial charge >= 0.3 is 0 Å². The maximum atomic E-state index is 11.5. The Bertz CT molecular complexity index is 834. The van der Waals surface area contributed by atoms with E-state index in [9.17, 15) is 4.79 Å². The van der Waals surface area contributed by atoms with Gasteiger partial charge in [0.15, 0.2) is 0 Å². The number of nitriles is 1. The highest BCUT2D eigenvalue weighted by Gasteiger charge is 2.22. The average Bonchev–Trinajstić information content (AvgIpc) is 2.68. The summed E-state index contributed by atoms with van der Waals surface area (Å²) in [5.41, 5.74) is 2.83. The van der Waals surface area contributed by atoms with Crippen LogP contribution in [0.4, 0.5) is 11.6 Å². The number of piperidine rings is 1. The van der Waals surface area contributed by atoms with Gasteiger partial charge in [0.2, 0.25) is 5.91 Å². The van der Waals surface area contributed by atoms with Gasteiger partial charge in [0.1, 0.15) is 11.6 Å². The van der Waals surface area contributed by atoms with Crippen LogP contribution in [0.1, 0.15) is 49.4 Å². The normalized spacial score (nSPS) is 14.7. The summed E-state index contributed by atoms with van der Waals surface area (Å²) < 4.78 is 0. The van der Waals surface area contributed by atoms with Crippen molar-refractivity contribution in [1.29, 1.82) is 5.26 Å². The van der Waals surface area contributed by atoms with Crippen LogP contribution in [0.15, 0.2) is 30.5 Å².